The minimum atomic E-state index is 0.0419. The zero-order valence-corrected chi connectivity index (χ0v) is 14.5. The van der Waals surface area contributed by atoms with E-state index in [0.29, 0.717) is 26.2 Å². The van der Waals surface area contributed by atoms with Gasteiger partial charge in [0.15, 0.2) is 23.0 Å². The van der Waals surface area contributed by atoms with Crippen molar-refractivity contribution in [2.24, 2.45) is 0 Å². The summed E-state index contributed by atoms with van der Waals surface area (Å²) in [5.41, 5.74) is 2.15. The lowest BCUT2D eigenvalue weighted by molar-refractivity contribution is -0.121. The predicted molar refractivity (Wildman–Crippen MR) is 94.8 cm³/mol. The van der Waals surface area contributed by atoms with Crippen LogP contribution >= 0.6 is 0 Å². The molecule has 0 aliphatic carbocycles. The van der Waals surface area contributed by atoms with Crippen molar-refractivity contribution < 1.29 is 23.7 Å². The summed E-state index contributed by atoms with van der Waals surface area (Å²) in [6, 6.07) is 11.7. The van der Waals surface area contributed by atoms with Gasteiger partial charge >= 0.3 is 0 Å². The first kappa shape index (κ1) is 16.6. The van der Waals surface area contributed by atoms with Gasteiger partial charge in [-0.05, 0) is 48.2 Å². The van der Waals surface area contributed by atoms with Crippen LogP contribution in [0.1, 0.15) is 24.0 Å². The van der Waals surface area contributed by atoms with Crippen LogP contribution in [-0.2, 0) is 17.8 Å². The molecule has 0 saturated heterocycles. The summed E-state index contributed by atoms with van der Waals surface area (Å²) in [7, 11) is 0. The first-order valence-corrected chi connectivity index (χ1v) is 8.82. The monoisotopic (exact) mass is 355 g/mol. The van der Waals surface area contributed by atoms with Crippen LogP contribution in [0.2, 0.25) is 0 Å². The van der Waals surface area contributed by atoms with Crippen LogP contribution in [0.3, 0.4) is 0 Å². The molecule has 0 unspecified atom stereocenters. The number of hydrogen-bond donors (Lipinski definition) is 1. The molecule has 1 N–H and O–H groups in total. The van der Waals surface area contributed by atoms with Gasteiger partial charge in [0.2, 0.25) is 12.7 Å². The van der Waals surface area contributed by atoms with Crippen LogP contribution in [0, 0.1) is 0 Å². The zero-order chi connectivity index (χ0) is 17.8. The molecule has 6 nitrogen and oxygen atoms in total. The van der Waals surface area contributed by atoms with Gasteiger partial charge in [-0.1, -0.05) is 12.1 Å². The summed E-state index contributed by atoms with van der Waals surface area (Å²) in [5, 5.41) is 2.95. The first-order chi connectivity index (χ1) is 12.8. The normalized spacial score (nSPS) is 14.2. The van der Waals surface area contributed by atoms with Crippen LogP contribution in [0.4, 0.5) is 0 Å². The van der Waals surface area contributed by atoms with Crippen LogP contribution < -0.4 is 24.3 Å². The second-order valence-corrected chi connectivity index (χ2v) is 6.30. The number of aryl methyl sites for hydroxylation is 1. The van der Waals surface area contributed by atoms with Gasteiger partial charge in [-0.3, -0.25) is 4.79 Å². The molecule has 0 atom stereocenters. The van der Waals surface area contributed by atoms with Gasteiger partial charge < -0.3 is 24.3 Å². The first-order valence-electron chi connectivity index (χ1n) is 8.82. The summed E-state index contributed by atoms with van der Waals surface area (Å²) in [6.07, 6.45) is 2.10. The van der Waals surface area contributed by atoms with E-state index in [0.717, 1.165) is 47.0 Å². The van der Waals surface area contributed by atoms with Crippen LogP contribution in [-0.4, -0.2) is 25.9 Å². The van der Waals surface area contributed by atoms with E-state index >= 15 is 0 Å². The number of amides is 1. The second-order valence-electron chi connectivity index (χ2n) is 6.30. The smallest absolute Gasteiger partial charge is 0.231 e. The number of ether oxygens (including phenoxy) is 4. The fourth-order valence-electron chi connectivity index (χ4n) is 3.04. The number of hydrogen-bond acceptors (Lipinski definition) is 5. The number of rotatable bonds is 6. The van der Waals surface area contributed by atoms with Crippen molar-refractivity contribution in [2.45, 2.75) is 25.8 Å². The van der Waals surface area contributed by atoms with Crippen molar-refractivity contribution in [3.8, 4) is 23.0 Å². The van der Waals surface area contributed by atoms with Gasteiger partial charge in [0.05, 0.1) is 0 Å². The summed E-state index contributed by atoms with van der Waals surface area (Å²) in [6.45, 7) is 1.92. The maximum Gasteiger partial charge on any atom is 0.231 e. The van der Waals surface area contributed by atoms with E-state index in [1.165, 1.54) is 0 Å². The highest BCUT2D eigenvalue weighted by atomic mass is 16.7. The van der Waals surface area contributed by atoms with Gasteiger partial charge in [0.1, 0.15) is 13.2 Å². The Labute approximate surface area is 152 Å². The minimum Gasteiger partial charge on any atom is -0.486 e. The zero-order valence-electron chi connectivity index (χ0n) is 14.5. The van der Waals surface area contributed by atoms with Gasteiger partial charge in [-0.15, -0.1) is 0 Å². The highest BCUT2D eigenvalue weighted by Gasteiger charge is 2.14. The van der Waals surface area contributed by atoms with Crippen molar-refractivity contribution >= 4 is 5.91 Å². The van der Waals surface area contributed by atoms with E-state index in [2.05, 4.69) is 5.32 Å². The Hall–Kier alpha value is -2.89. The van der Waals surface area contributed by atoms with E-state index in [-0.39, 0.29) is 12.7 Å². The third-order valence-corrected chi connectivity index (χ3v) is 4.40. The van der Waals surface area contributed by atoms with Crippen LogP contribution in [0.5, 0.6) is 23.0 Å². The second kappa shape index (κ2) is 7.56. The van der Waals surface area contributed by atoms with Crippen LogP contribution in [0.25, 0.3) is 0 Å². The van der Waals surface area contributed by atoms with E-state index < -0.39 is 0 Å². The molecule has 2 aromatic carbocycles. The summed E-state index contributed by atoms with van der Waals surface area (Å²) in [4.78, 5) is 12.1. The Morgan fingerprint density at radius 3 is 2.38 bits per heavy atom. The van der Waals surface area contributed by atoms with E-state index in [9.17, 15) is 4.79 Å². The van der Waals surface area contributed by atoms with Crippen LogP contribution in [0.15, 0.2) is 36.4 Å². The molecule has 0 spiro atoms. The molecule has 0 radical (unpaired) electrons. The molecule has 136 valence electrons. The molecule has 6 heteroatoms. The van der Waals surface area contributed by atoms with Crippen molar-refractivity contribution in [2.75, 3.05) is 20.0 Å². The Morgan fingerprint density at radius 1 is 0.846 bits per heavy atom. The number of nitrogens with one attached hydrogen (secondary N) is 1. The van der Waals surface area contributed by atoms with Gasteiger partial charge in [-0.2, -0.15) is 0 Å². The van der Waals surface area contributed by atoms with E-state index in [1.54, 1.807) is 0 Å². The molecule has 0 fully saturated rings. The molecule has 2 aliphatic rings. The molecule has 26 heavy (non-hydrogen) atoms. The highest BCUT2D eigenvalue weighted by molar-refractivity contribution is 5.75. The van der Waals surface area contributed by atoms with Crippen molar-refractivity contribution in [3.05, 3.63) is 47.5 Å². The maximum atomic E-state index is 12.1. The third-order valence-electron chi connectivity index (χ3n) is 4.40. The Kier molecular flexibility index (Phi) is 4.82. The fraction of sp³-hybridized carbons (Fsp3) is 0.350. The largest absolute Gasteiger partial charge is 0.486 e. The average Bonchev–Trinajstić information content (AvgIpc) is 3.14. The maximum absolute atomic E-state index is 12.1. The summed E-state index contributed by atoms with van der Waals surface area (Å²) >= 11 is 0. The van der Waals surface area contributed by atoms with Crippen molar-refractivity contribution in [1.29, 1.82) is 0 Å². The summed E-state index contributed by atoms with van der Waals surface area (Å²) < 4.78 is 21.7. The average molecular weight is 355 g/mol. The molecule has 2 heterocycles. The Bertz CT molecular complexity index is 805. The van der Waals surface area contributed by atoms with Gasteiger partial charge in [0, 0.05) is 13.0 Å². The number of carbonyl (C=O) groups excluding carboxylic acids is 1. The highest BCUT2D eigenvalue weighted by Crippen LogP contribution is 2.32. The number of benzene rings is 2. The van der Waals surface area contributed by atoms with E-state index in [1.807, 2.05) is 36.4 Å². The molecular formula is C20H21NO5. The molecule has 1 amide bonds. The number of fused-ring (bicyclic) bond motifs is 2. The Morgan fingerprint density at radius 2 is 1.50 bits per heavy atom. The summed E-state index contributed by atoms with van der Waals surface area (Å²) in [5.74, 6) is 3.11. The lowest BCUT2D eigenvalue weighted by Gasteiger charge is -2.18. The van der Waals surface area contributed by atoms with Gasteiger partial charge in [0.25, 0.3) is 0 Å². The quantitative estimate of drug-likeness (QED) is 0.863. The molecule has 0 saturated carbocycles. The molecule has 4 rings (SSSR count). The predicted octanol–water partition coefficient (Wildman–Crippen LogP) is 2.83. The van der Waals surface area contributed by atoms with E-state index in [4.69, 9.17) is 18.9 Å². The lowest BCUT2D eigenvalue weighted by atomic mass is 10.1. The Balaban J connectivity index is 1.22. The molecule has 0 aromatic heterocycles. The molecular weight excluding hydrogens is 334 g/mol. The molecule has 0 bridgehead atoms. The lowest BCUT2D eigenvalue weighted by Crippen LogP contribution is -2.22. The number of carbonyl (C=O) groups is 1. The standard InChI is InChI=1S/C20H21NO5/c22-20(21-12-15-5-7-17-19(11-15)26-13-25-17)3-1-2-14-4-6-16-18(10-14)24-9-8-23-16/h4-7,10-11H,1-3,8-9,12-13H2,(H,21,22). The minimum absolute atomic E-state index is 0.0419. The SMILES string of the molecule is O=C(CCCc1ccc2c(c1)OCCO2)NCc1ccc2c(c1)OCO2. The van der Waals surface area contributed by atoms with Gasteiger partial charge in [-0.25, -0.2) is 0 Å². The molecule has 2 aromatic rings. The molecule has 2 aliphatic heterocycles. The topological polar surface area (TPSA) is 66.0 Å². The third kappa shape index (κ3) is 3.85. The fourth-order valence-corrected chi connectivity index (χ4v) is 3.04. The van der Waals surface area contributed by atoms with Crippen molar-refractivity contribution in [1.82, 2.24) is 5.32 Å². The van der Waals surface area contributed by atoms with Crippen molar-refractivity contribution in [3.63, 3.8) is 0 Å².